The zero-order valence-corrected chi connectivity index (χ0v) is 14.4. The van der Waals surface area contributed by atoms with E-state index in [1.165, 1.54) is 0 Å². The van der Waals surface area contributed by atoms with Gasteiger partial charge in [0.25, 0.3) is 0 Å². The van der Waals surface area contributed by atoms with Crippen molar-refractivity contribution in [3.8, 4) is 0 Å². The highest BCUT2D eigenvalue weighted by Crippen LogP contribution is 2.24. The first-order chi connectivity index (χ1) is 9.61. The van der Waals surface area contributed by atoms with Gasteiger partial charge in [0.05, 0.1) is 5.60 Å². The van der Waals surface area contributed by atoms with Gasteiger partial charge < -0.3 is 20.1 Å². The average Bonchev–Trinajstić information content (AvgIpc) is 2.31. The molecule has 5 heteroatoms. The summed E-state index contributed by atoms with van der Waals surface area (Å²) >= 11 is 0. The van der Waals surface area contributed by atoms with Gasteiger partial charge in [-0.3, -0.25) is 0 Å². The van der Waals surface area contributed by atoms with Gasteiger partial charge in [0.1, 0.15) is 5.60 Å². The molecule has 1 amide bonds. The van der Waals surface area contributed by atoms with Gasteiger partial charge in [0.2, 0.25) is 0 Å². The van der Waals surface area contributed by atoms with E-state index >= 15 is 0 Å². The quantitative estimate of drug-likeness (QED) is 0.819. The van der Waals surface area contributed by atoms with Crippen LogP contribution in [0.5, 0.6) is 0 Å². The standard InChI is InChI=1S/C16H32N2O3/c1-7-12(11-17-14(19)21-15(2,3)4)18-13-8-9-20-16(5,6)10-13/h12-13,18H,7-11H2,1-6H3,(H,17,19). The molecule has 0 saturated carbocycles. The van der Waals surface area contributed by atoms with Crippen molar-refractivity contribution in [3.05, 3.63) is 0 Å². The third-order valence-corrected chi connectivity index (χ3v) is 3.55. The van der Waals surface area contributed by atoms with Crippen LogP contribution in [-0.2, 0) is 9.47 Å². The molecular weight excluding hydrogens is 268 g/mol. The van der Waals surface area contributed by atoms with Crippen molar-refractivity contribution in [1.29, 1.82) is 0 Å². The lowest BCUT2D eigenvalue weighted by atomic mass is 9.93. The molecule has 124 valence electrons. The third kappa shape index (κ3) is 7.67. The van der Waals surface area contributed by atoms with Crippen LogP contribution in [0.3, 0.4) is 0 Å². The normalized spacial score (nSPS) is 23.4. The lowest BCUT2D eigenvalue weighted by molar-refractivity contribution is -0.0642. The third-order valence-electron chi connectivity index (χ3n) is 3.55. The number of rotatable bonds is 5. The molecule has 1 heterocycles. The Morgan fingerprint density at radius 3 is 2.62 bits per heavy atom. The van der Waals surface area contributed by atoms with E-state index in [2.05, 4.69) is 31.4 Å². The number of alkyl carbamates (subject to hydrolysis) is 1. The van der Waals surface area contributed by atoms with E-state index in [-0.39, 0.29) is 17.7 Å². The fourth-order valence-electron chi connectivity index (χ4n) is 2.55. The molecule has 1 aliphatic heterocycles. The minimum Gasteiger partial charge on any atom is -0.444 e. The van der Waals surface area contributed by atoms with Crippen molar-refractivity contribution in [2.24, 2.45) is 0 Å². The first-order valence-corrected chi connectivity index (χ1v) is 7.98. The van der Waals surface area contributed by atoms with Gasteiger partial charge in [-0.2, -0.15) is 0 Å². The SMILES string of the molecule is CCC(CNC(=O)OC(C)(C)C)NC1CCOC(C)(C)C1. The molecule has 0 aliphatic carbocycles. The van der Waals surface area contributed by atoms with E-state index in [0.29, 0.717) is 12.6 Å². The zero-order valence-electron chi connectivity index (χ0n) is 14.4. The Morgan fingerprint density at radius 1 is 1.43 bits per heavy atom. The number of ether oxygens (including phenoxy) is 2. The monoisotopic (exact) mass is 300 g/mol. The fourth-order valence-corrected chi connectivity index (χ4v) is 2.55. The highest BCUT2D eigenvalue weighted by atomic mass is 16.6. The Bertz CT molecular complexity index is 337. The lowest BCUT2D eigenvalue weighted by Gasteiger charge is -2.37. The van der Waals surface area contributed by atoms with Gasteiger partial charge in [-0.15, -0.1) is 0 Å². The molecule has 21 heavy (non-hydrogen) atoms. The van der Waals surface area contributed by atoms with Crippen LogP contribution >= 0.6 is 0 Å². The first kappa shape index (κ1) is 18.2. The van der Waals surface area contributed by atoms with Gasteiger partial charge in [-0.1, -0.05) is 6.92 Å². The smallest absolute Gasteiger partial charge is 0.407 e. The summed E-state index contributed by atoms with van der Waals surface area (Å²) in [6, 6.07) is 0.704. The minimum absolute atomic E-state index is 0.0627. The topological polar surface area (TPSA) is 59.6 Å². The first-order valence-electron chi connectivity index (χ1n) is 7.98. The Labute approximate surface area is 129 Å². The van der Waals surface area contributed by atoms with Gasteiger partial charge in [-0.05, 0) is 53.9 Å². The predicted octanol–water partition coefficient (Wildman–Crippen LogP) is 2.84. The molecule has 0 aromatic carbocycles. The number of hydrogen-bond donors (Lipinski definition) is 2. The van der Waals surface area contributed by atoms with E-state index in [1.807, 2.05) is 20.8 Å². The Hall–Kier alpha value is -0.810. The molecule has 0 aromatic heterocycles. The molecule has 2 N–H and O–H groups in total. The van der Waals surface area contributed by atoms with Gasteiger partial charge >= 0.3 is 6.09 Å². The number of hydrogen-bond acceptors (Lipinski definition) is 4. The molecule has 1 saturated heterocycles. The van der Waals surface area contributed by atoms with E-state index in [0.717, 1.165) is 25.9 Å². The molecule has 2 unspecified atom stereocenters. The summed E-state index contributed by atoms with van der Waals surface area (Å²) < 4.78 is 11.0. The molecule has 0 radical (unpaired) electrons. The van der Waals surface area contributed by atoms with Gasteiger partial charge in [0.15, 0.2) is 0 Å². The van der Waals surface area contributed by atoms with Crippen LogP contribution in [0.25, 0.3) is 0 Å². The van der Waals surface area contributed by atoms with E-state index in [1.54, 1.807) is 0 Å². The summed E-state index contributed by atoms with van der Waals surface area (Å²) in [7, 11) is 0. The number of carbonyl (C=O) groups is 1. The lowest BCUT2D eigenvalue weighted by Crippen LogP contribution is -2.50. The largest absolute Gasteiger partial charge is 0.444 e. The molecular formula is C16H32N2O3. The van der Waals surface area contributed by atoms with Crippen molar-refractivity contribution in [2.45, 2.75) is 84.1 Å². The molecule has 0 aromatic rings. The summed E-state index contributed by atoms with van der Waals surface area (Å²) in [5.41, 5.74) is -0.517. The van der Waals surface area contributed by atoms with Crippen LogP contribution < -0.4 is 10.6 Å². The molecule has 2 atom stereocenters. The van der Waals surface area contributed by atoms with Crippen molar-refractivity contribution in [1.82, 2.24) is 10.6 Å². The maximum Gasteiger partial charge on any atom is 0.407 e. The number of carbonyl (C=O) groups excluding carboxylic acids is 1. The summed E-state index contributed by atoms with van der Waals surface area (Å²) in [6.07, 6.45) is 2.63. The Balaban J connectivity index is 2.36. The van der Waals surface area contributed by atoms with Crippen LogP contribution in [-0.4, -0.2) is 42.5 Å². The van der Waals surface area contributed by atoms with Crippen molar-refractivity contribution in [2.75, 3.05) is 13.2 Å². The Kier molecular flexibility index (Phi) is 6.47. The summed E-state index contributed by atoms with van der Waals surface area (Å²) in [6.45, 7) is 13.4. The highest BCUT2D eigenvalue weighted by Gasteiger charge is 2.29. The van der Waals surface area contributed by atoms with Crippen LogP contribution in [0, 0.1) is 0 Å². The van der Waals surface area contributed by atoms with Crippen LogP contribution in [0.15, 0.2) is 0 Å². The number of nitrogens with one attached hydrogen (secondary N) is 2. The summed E-state index contributed by atoms with van der Waals surface area (Å²) in [5, 5.41) is 6.47. The van der Waals surface area contributed by atoms with Crippen LogP contribution in [0.2, 0.25) is 0 Å². The molecule has 5 nitrogen and oxygen atoms in total. The number of amides is 1. The summed E-state index contributed by atoms with van der Waals surface area (Å²) in [5.74, 6) is 0. The van der Waals surface area contributed by atoms with Crippen LogP contribution in [0.1, 0.15) is 60.8 Å². The Morgan fingerprint density at radius 2 is 2.10 bits per heavy atom. The summed E-state index contributed by atoms with van der Waals surface area (Å²) in [4.78, 5) is 11.7. The molecule has 1 aliphatic rings. The fraction of sp³-hybridized carbons (Fsp3) is 0.938. The molecule has 0 spiro atoms. The maximum absolute atomic E-state index is 11.7. The predicted molar refractivity (Wildman–Crippen MR) is 84.5 cm³/mol. The second kappa shape index (κ2) is 7.45. The highest BCUT2D eigenvalue weighted by molar-refractivity contribution is 5.67. The molecule has 0 bridgehead atoms. The molecule has 1 rings (SSSR count). The van der Waals surface area contributed by atoms with Crippen molar-refractivity contribution >= 4 is 6.09 Å². The zero-order chi connectivity index (χ0) is 16.1. The van der Waals surface area contributed by atoms with E-state index in [9.17, 15) is 4.79 Å². The maximum atomic E-state index is 11.7. The van der Waals surface area contributed by atoms with E-state index in [4.69, 9.17) is 9.47 Å². The van der Waals surface area contributed by atoms with Crippen molar-refractivity contribution in [3.63, 3.8) is 0 Å². The second-order valence-electron chi connectivity index (χ2n) is 7.45. The average molecular weight is 300 g/mol. The van der Waals surface area contributed by atoms with Crippen molar-refractivity contribution < 1.29 is 14.3 Å². The van der Waals surface area contributed by atoms with Gasteiger partial charge in [-0.25, -0.2) is 4.79 Å². The molecule has 1 fully saturated rings. The van der Waals surface area contributed by atoms with E-state index < -0.39 is 5.60 Å². The second-order valence-corrected chi connectivity index (χ2v) is 7.45. The van der Waals surface area contributed by atoms with Gasteiger partial charge in [0, 0.05) is 25.2 Å². The minimum atomic E-state index is -0.454. The van der Waals surface area contributed by atoms with Crippen LogP contribution in [0.4, 0.5) is 4.79 Å².